The average Bonchev–Trinajstić information content (AvgIpc) is 2.64. The van der Waals surface area contributed by atoms with E-state index in [1.165, 1.54) is 4.90 Å². The van der Waals surface area contributed by atoms with Crippen molar-refractivity contribution in [3.05, 3.63) is 35.9 Å². The summed E-state index contributed by atoms with van der Waals surface area (Å²) in [5.74, 6) is -0.202. The van der Waals surface area contributed by atoms with Crippen molar-refractivity contribution < 1.29 is 19.4 Å². The number of carbonyl (C=O) groups is 2. The van der Waals surface area contributed by atoms with E-state index in [2.05, 4.69) is 13.8 Å². The summed E-state index contributed by atoms with van der Waals surface area (Å²) in [5.41, 5.74) is -0.262. The number of aliphatic carboxylic acids is 1. The molecular formula is C21H31NO4. The molecule has 1 aliphatic carbocycles. The highest BCUT2D eigenvalue weighted by molar-refractivity contribution is 5.84. The Morgan fingerprint density at radius 2 is 2.00 bits per heavy atom. The Kier molecular flexibility index (Phi) is 7.06. The van der Waals surface area contributed by atoms with E-state index in [1.807, 2.05) is 37.3 Å². The smallest absolute Gasteiger partial charge is 0.411 e. The van der Waals surface area contributed by atoms with Gasteiger partial charge in [0.2, 0.25) is 0 Å². The van der Waals surface area contributed by atoms with Gasteiger partial charge in [-0.25, -0.2) is 9.59 Å². The van der Waals surface area contributed by atoms with E-state index in [1.54, 1.807) is 0 Å². The van der Waals surface area contributed by atoms with Crippen LogP contribution in [0.5, 0.6) is 0 Å². The van der Waals surface area contributed by atoms with Crippen molar-refractivity contribution in [1.29, 1.82) is 0 Å². The van der Waals surface area contributed by atoms with E-state index in [9.17, 15) is 14.7 Å². The maximum absolute atomic E-state index is 12.8. The van der Waals surface area contributed by atoms with Crippen LogP contribution in [0.2, 0.25) is 0 Å². The van der Waals surface area contributed by atoms with Crippen LogP contribution in [0.25, 0.3) is 0 Å². The Morgan fingerprint density at radius 3 is 2.58 bits per heavy atom. The van der Waals surface area contributed by atoms with Gasteiger partial charge in [0, 0.05) is 6.54 Å². The molecule has 1 aromatic carbocycles. The zero-order valence-corrected chi connectivity index (χ0v) is 16.1. The minimum Gasteiger partial charge on any atom is -0.479 e. The molecule has 0 radical (unpaired) electrons. The predicted molar refractivity (Wildman–Crippen MR) is 101 cm³/mol. The quantitative estimate of drug-likeness (QED) is 0.764. The zero-order valence-electron chi connectivity index (χ0n) is 16.1. The van der Waals surface area contributed by atoms with E-state index in [-0.39, 0.29) is 6.61 Å². The summed E-state index contributed by atoms with van der Waals surface area (Å²) >= 11 is 0. The molecule has 0 aromatic heterocycles. The molecule has 1 aromatic rings. The summed E-state index contributed by atoms with van der Waals surface area (Å²) in [4.78, 5) is 26.6. The van der Waals surface area contributed by atoms with Crippen molar-refractivity contribution in [2.24, 2.45) is 11.8 Å². The van der Waals surface area contributed by atoms with Crippen molar-refractivity contribution in [3.8, 4) is 0 Å². The molecule has 0 spiro atoms. The Labute approximate surface area is 156 Å². The second kappa shape index (κ2) is 9.06. The first-order chi connectivity index (χ1) is 12.4. The summed E-state index contributed by atoms with van der Waals surface area (Å²) in [6.07, 6.45) is 3.00. The molecule has 0 bridgehead atoms. The van der Waals surface area contributed by atoms with E-state index < -0.39 is 17.6 Å². The fourth-order valence-corrected chi connectivity index (χ4v) is 3.92. The number of carbonyl (C=O) groups excluding carboxylic acids is 1. The highest BCUT2D eigenvalue weighted by Gasteiger charge is 2.50. The van der Waals surface area contributed by atoms with Crippen LogP contribution >= 0.6 is 0 Å². The Hall–Kier alpha value is -2.04. The van der Waals surface area contributed by atoms with Gasteiger partial charge < -0.3 is 9.84 Å². The fourth-order valence-electron chi connectivity index (χ4n) is 3.92. The lowest BCUT2D eigenvalue weighted by Crippen LogP contribution is -2.60. The first kappa shape index (κ1) is 20.3. The number of benzene rings is 1. The average molecular weight is 361 g/mol. The van der Waals surface area contributed by atoms with Gasteiger partial charge in [0.05, 0.1) is 0 Å². The minimum absolute atomic E-state index is 0.156. The van der Waals surface area contributed by atoms with Gasteiger partial charge in [-0.05, 0) is 43.1 Å². The molecule has 2 unspecified atom stereocenters. The largest absolute Gasteiger partial charge is 0.479 e. The van der Waals surface area contributed by atoms with Crippen LogP contribution in [0, 0.1) is 11.8 Å². The number of rotatable bonds is 7. The third-order valence-electron chi connectivity index (χ3n) is 5.50. The van der Waals surface area contributed by atoms with Gasteiger partial charge in [0.25, 0.3) is 0 Å². The lowest BCUT2D eigenvalue weighted by molar-refractivity contribution is -0.154. The summed E-state index contributed by atoms with van der Waals surface area (Å²) in [6, 6.07) is 9.46. The van der Waals surface area contributed by atoms with Crippen LogP contribution in [-0.2, 0) is 16.1 Å². The molecule has 1 fully saturated rings. The zero-order chi connectivity index (χ0) is 19.2. The van der Waals surface area contributed by atoms with Gasteiger partial charge in [-0.15, -0.1) is 0 Å². The van der Waals surface area contributed by atoms with E-state index in [0.29, 0.717) is 37.6 Å². The SMILES string of the molecule is CCCN(C(=O)OCc1ccccc1)C1(C(=O)O)CCCC(C(C)C)C1. The Morgan fingerprint density at radius 1 is 1.31 bits per heavy atom. The number of nitrogens with zero attached hydrogens (tertiary/aromatic N) is 1. The molecule has 0 heterocycles. The molecule has 1 saturated carbocycles. The number of hydrogen-bond acceptors (Lipinski definition) is 3. The molecule has 1 amide bonds. The molecule has 5 heteroatoms. The molecule has 144 valence electrons. The number of carboxylic acid groups (broad SMARTS) is 1. The molecule has 26 heavy (non-hydrogen) atoms. The lowest BCUT2D eigenvalue weighted by atomic mass is 9.71. The van der Waals surface area contributed by atoms with Crippen molar-refractivity contribution in [2.45, 2.75) is 65.0 Å². The number of amides is 1. The topological polar surface area (TPSA) is 66.8 Å². The van der Waals surface area contributed by atoms with Crippen molar-refractivity contribution in [2.75, 3.05) is 6.54 Å². The minimum atomic E-state index is -1.16. The summed E-state index contributed by atoms with van der Waals surface area (Å²) < 4.78 is 5.49. The highest BCUT2D eigenvalue weighted by Crippen LogP contribution is 2.41. The van der Waals surface area contributed by atoms with Gasteiger partial charge in [0.1, 0.15) is 12.1 Å². The van der Waals surface area contributed by atoms with E-state index in [0.717, 1.165) is 18.4 Å². The molecule has 5 nitrogen and oxygen atoms in total. The fraction of sp³-hybridized carbons (Fsp3) is 0.619. The standard InChI is InChI=1S/C21H31NO4/c1-4-13-22(20(25)26-15-17-9-6-5-7-10-17)21(19(23)24)12-8-11-18(14-21)16(2)3/h5-7,9-10,16,18H,4,8,11-15H2,1-3H3,(H,23,24). The van der Waals surface area contributed by atoms with Crippen LogP contribution in [0.3, 0.4) is 0 Å². The highest BCUT2D eigenvalue weighted by atomic mass is 16.6. The van der Waals surface area contributed by atoms with Crippen molar-refractivity contribution in [3.63, 3.8) is 0 Å². The molecule has 0 aliphatic heterocycles. The molecular weight excluding hydrogens is 330 g/mol. The Bertz CT molecular complexity index is 601. The van der Waals surface area contributed by atoms with Gasteiger partial charge in [-0.1, -0.05) is 57.5 Å². The van der Waals surface area contributed by atoms with Gasteiger partial charge >= 0.3 is 12.1 Å². The summed E-state index contributed by atoms with van der Waals surface area (Å²) in [5, 5.41) is 10.1. The first-order valence-electron chi connectivity index (χ1n) is 9.62. The molecule has 0 saturated heterocycles. The second-order valence-electron chi connectivity index (χ2n) is 7.63. The van der Waals surface area contributed by atoms with E-state index in [4.69, 9.17) is 4.74 Å². The van der Waals surface area contributed by atoms with Crippen LogP contribution in [-0.4, -0.2) is 34.2 Å². The maximum atomic E-state index is 12.8. The van der Waals surface area contributed by atoms with Crippen molar-refractivity contribution in [1.82, 2.24) is 4.90 Å². The number of hydrogen-bond donors (Lipinski definition) is 1. The second-order valence-corrected chi connectivity index (χ2v) is 7.63. The third kappa shape index (κ3) is 4.57. The molecule has 1 N–H and O–H groups in total. The third-order valence-corrected chi connectivity index (χ3v) is 5.50. The normalized spacial score (nSPS) is 22.8. The summed E-state index contributed by atoms with van der Waals surface area (Å²) in [6.45, 7) is 6.75. The van der Waals surface area contributed by atoms with Crippen LogP contribution < -0.4 is 0 Å². The Balaban J connectivity index is 2.20. The first-order valence-corrected chi connectivity index (χ1v) is 9.62. The molecule has 2 atom stereocenters. The number of ether oxygens (including phenoxy) is 1. The van der Waals surface area contributed by atoms with Crippen LogP contribution in [0.1, 0.15) is 58.4 Å². The molecule has 2 rings (SSSR count). The lowest BCUT2D eigenvalue weighted by Gasteiger charge is -2.45. The van der Waals surface area contributed by atoms with Crippen LogP contribution in [0.15, 0.2) is 30.3 Å². The van der Waals surface area contributed by atoms with Crippen molar-refractivity contribution >= 4 is 12.1 Å². The predicted octanol–water partition coefficient (Wildman–Crippen LogP) is 4.70. The van der Waals surface area contributed by atoms with Crippen LogP contribution in [0.4, 0.5) is 4.79 Å². The van der Waals surface area contributed by atoms with Gasteiger partial charge in [0.15, 0.2) is 0 Å². The van der Waals surface area contributed by atoms with Gasteiger partial charge in [-0.3, -0.25) is 4.90 Å². The van der Waals surface area contributed by atoms with Gasteiger partial charge in [-0.2, -0.15) is 0 Å². The van der Waals surface area contributed by atoms with E-state index >= 15 is 0 Å². The molecule has 1 aliphatic rings. The maximum Gasteiger partial charge on any atom is 0.411 e. The number of carboxylic acids is 1. The summed E-state index contributed by atoms with van der Waals surface area (Å²) in [7, 11) is 0. The monoisotopic (exact) mass is 361 g/mol.